The molecule has 110 valence electrons. The van der Waals surface area contributed by atoms with Crippen molar-refractivity contribution < 1.29 is 19.2 Å². The topological polar surface area (TPSA) is 55.8 Å². The Bertz CT molecular complexity index is 575. The van der Waals surface area contributed by atoms with Gasteiger partial charge in [-0.25, -0.2) is 4.79 Å². The van der Waals surface area contributed by atoms with Crippen LogP contribution in [0.15, 0.2) is 48.0 Å². The number of methoxy groups -OCH3 is 1. The largest absolute Gasteiger partial charge is 0.488 e. The summed E-state index contributed by atoms with van der Waals surface area (Å²) in [6, 6.07) is 9.61. The van der Waals surface area contributed by atoms with Crippen molar-refractivity contribution in [2.24, 2.45) is 0 Å². The van der Waals surface area contributed by atoms with E-state index in [2.05, 4.69) is 4.74 Å². The number of ether oxygens (including phenoxy) is 1. The molecule has 1 aliphatic heterocycles. The number of benzene rings is 1. The van der Waals surface area contributed by atoms with Gasteiger partial charge in [0.25, 0.3) is 0 Å². The quantitative estimate of drug-likeness (QED) is 0.526. The Morgan fingerprint density at radius 1 is 1.33 bits per heavy atom. The van der Waals surface area contributed by atoms with E-state index in [1.807, 2.05) is 44.2 Å². The van der Waals surface area contributed by atoms with Crippen LogP contribution >= 0.6 is 0 Å². The number of hydrogen-bond acceptors (Lipinski definition) is 4. The van der Waals surface area contributed by atoms with Crippen LogP contribution in [-0.2, 0) is 14.2 Å². The molecule has 0 aliphatic carbocycles. The molecule has 0 aromatic heterocycles. The zero-order valence-corrected chi connectivity index (χ0v) is 12.5. The Labute approximate surface area is 125 Å². The van der Waals surface area contributed by atoms with Crippen LogP contribution in [0.25, 0.3) is 5.57 Å². The number of carbonyl (C=O) groups is 1. The second-order valence-corrected chi connectivity index (χ2v) is 5.57. The van der Waals surface area contributed by atoms with E-state index in [1.165, 1.54) is 13.2 Å². The number of esters is 1. The SMILES string of the molecule is COC(=O)/C=C/C(=C1/CC(C)(C)OB1O)c1ccccc1. The summed E-state index contributed by atoms with van der Waals surface area (Å²) in [6.45, 7) is 3.85. The molecule has 4 nitrogen and oxygen atoms in total. The maximum Gasteiger partial charge on any atom is 0.488 e. The molecule has 1 aromatic rings. The molecular weight excluding hydrogens is 267 g/mol. The Kier molecular flexibility index (Phi) is 4.65. The average molecular weight is 286 g/mol. The molecule has 1 fully saturated rings. The molecule has 1 heterocycles. The van der Waals surface area contributed by atoms with Crippen molar-refractivity contribution in [2.75, 3.05) is 7.11 Å². The van der Waals surface area contributed by atoms with Gasteiger partial charge in [0, 0.05) is 6.08 Å². The maximum absolute atomic E-state index is 11.3. The lowest BCUT2D eigenvalue weighted by Gasteiger charge is -2.16. The summed E-state index contributed by atoms with van der Waals surface area (Å²) in [4.78, 5) is 11.3. The fourth-order valence-electron chi connectivity index (χ4n) is 2.41. The molecular formula is C16H19BO4. The van der Waals surface area contributed by atoms with Crippen molar-refractivity contribution >= 4 is 18.7 Å². The average Bonchev–Trinajstić information content (AvgIpc) is 2.73. The first-order valence-electron chi connectivity index (χ1n) is 6.83. The van der Waals surface area contributed by atoms with Crippen LogP contribution in [0, 0.1) is 0 Å². The second-order valence-electron chi connectivity index (χ2n) is 5.57. The van der Waals surface area contributed by atoms with E-state index in [0.29, 0.717) is 6.42 Å². The Hall–Kier alpha value is -1.85. The lowest BCUT2D eigenvalue weighted by atomic mass is 9.74. The van der Waals surface area contributed by atoms with Gasteiger partial charge in [-0.05, 0) is 43.0 Å². The number of allylic oxidation sites excluding steroid dienone is 2. The number of carbonyl (C=O) groups excluding carboxylic acids is 1. The van der Waals surface area contributed by atoms with Crippen LogP contribution < -0.4 is 0 Å². The van der Waals surface area contributed by atoms with E-state index in [9.17, 15) is 9.82 Å². The molecule has 1 saturated heterocycles. The fourth-order valence-corrected chi connectivity index (χ4v) is 2.41. The first-order chi connectivity index (χ1) is 9.93. The van der Waals surface area contributed by atoms with Gasteiger partial charge in [0.2, 0.25) is 0 Å². The highest BCUT2D eigenvalue weighted by molar-refractivity contribution is 6.55. The van der Waals surface area contributed by atoms with Crippen molar-refractivity contribution in [1.82, 2.24) is 0 Å². The van der Waals surface area contributed by atoms with Gasteiger partial charge in [0.1, 0.15) is 0 Å². The highest BCUT2D eigenvalue weighted by Gasteiger charge is 2.40. The Balaban J connectivity index is 2.46. The van der Waals surface area contributed by atoms with Gasteiger partial charge >= 0.3 is 13.1 Å². The summed E-state index contributed by atoms with van der Waals surface area (Å²) < 4.78 is 10.2. The van der Waals surface area contributed by atoms with Crippen LogP contribution in [0.2, 0.25) is 0 Å². The summed E-state index contributed by atoms with van der Waals surface area (Å²) in [5, 5.41) is 10.1. The molecule has 1 aromatic carbocycles. The summed E-state index contributed by atoms with van der Waals surface area (Å²) >= 11 is 0. The first-order valence-corrected chi connectivity index (χ1v) is 6.83. The summed E-state index contributed by atoms with van der Waals surface area (Å²) in [6.07, 6.45) is 3.63. The molecule has 0 bridgehead atoms. The third-order valence-electron chi connectivity index (χ3n) is 3.36. The molecule has 0 amide bonds. The third kappa shape index (κ3) is 3.83. The van der Waals surface area contributed by atoms with E-state index >= 15 is 0 Å². The normalized spacial score (nSPS) is 19.9. The third-order valence-corrected chi connectivity index (χ3v) is 3.36. The fraction of sp³-hybridized carbons (Fsp3) is 0.312. The van der Waals surface area contributed by atoms with E-state index in [0.717, 1.165) is 16.6 Å². The molecule has 0 spiro atoms. The van der Waals surface area contributed by atoms with Gasteiger partial charge in [-0.1, -0.05) is 30.3 Å². The van der Waals surface area contributed by atoms with Crippen LogP contribution in [0.5, 0.6) is 0 Å². The van der Waals surface area contributed by atoms with Gasteiger partial charge in [-0.2, -0.15) is 0 Å². The molecule has 0 atom stereocenters. The van der Waals surface area contributed by atoms with Gasteiger partial charge in [-0.3, -0.25) is 0 Å². The zero-order valence-electron chi connectivity index (χ0n) is 12.5. The van der Waals surface area contributed by atoms with Gasteiger partial charge in [0.05, 0.1) is 12.7 Å². The minimum atomic E-state index is -0.961. The molecule has 0 unspecified atom stereocenters. The van der Waals surface area contributed by atoms with Gasteiger partial charge in [-0.15, -0.1) is 0 Å². The lowest BCUT2D eigenvalue weighted by molar-refractivity contribution is -0.134. The van der Waals surface area contributed by atoms with E-state index in [1.54, 1.807) is 6.08 Å². The predicted molar refractivity (Wildman–Crippen MR) is 82.3 cm³/mol. The molecule has 5 heteroatoms. The molecule has 0 radical (unpaired) electrons. The smallest absolute Gasteiger partial charge is 0.466 e. The Morgan fingerprint density at radius 3 is 2.52 bits per heavy atom. The Morgan fingerprint density at radius 2 is 2.00 bits per heavy atom. The second kappa shape index (κ2) is 6.29. The molecule has 1 aliphatic rings. The van der Waals surface area contributed by atoms with Crippen LogP contribution in [0.4, 0.5) is 0 Å². The van der Waals surface area contributed by atoms with Crippen molar-refractivity contribution in [2.45, 2.75) is 25.9 Å². The van der Waals surface area contributed by atoms with Crippen molar-refractivity contribution in [1.29, 1.82) is 0 Å². The van der Waals surface area contributed by atoms with E-state index in [-0.39, 0.29) is 0 Å². The summed E-state index contributed by atoms with van der Waals surface area (Å²) in [5.41, 5.74) is 2.06. The molecule has 21 heavy (non-hydrogen) atoms. The minimum Gasteiger partial charge on any atom is -0.466 e. The number of rotatable bonds is 3. The molecule has 1 N–H and O–H groups in total. The molecule has 2 rings (SSSR count). The standard InChI is InChI=1S/C16H19BO4/c1-16(2)11-14(17(19)21-16)13(9-10-15(18)20-3)12-7-5-4-6-8-12/h4-10,19H,11H2,1-3H3/b10-9+,14-13+. The van der Waals surface area contributed by atoms with E-state index in [4.69, 9.17) is 4.65 Å². The van der Waals surface area contributed by atoms with Crippen molar-refractivity contribution in [3.8, 4) is 0 Å². The van der Waals surface area contributed by atoms with Crippen LogP contribution in [-0.4, -0.2) is 30.8 Å². The maximum atomic E-state index is 11.3. The highest BCUT2D eigenvalue weighted by Crippen LogP contribution is 2.36. The van der Waals surface area contributed by atoms with Gasteiger partial charge in [0.15, 0.2) is 0 Å². The highest BCUT2D eigenvalue weighted by atomic mass is 16.5. The van der Waals surface area contributed by atoms with Gasteiger partial charge < -0.3 is 14.4 Å². The summed E-state index contributed by atoms with van der Waals surface area (Å²) in [5.74, 6) is -0.434. The van der Waals surface area contributed by atoms with Crippen molar-refractivity contribution in [3.05, 3.63) is 53.5 Å². The predicted octanol–water partition coefficient (Wildman–Crippen LogP) is 2.39. The van der Waals surface area contributed by atoms with Crippen LogP contribution in [0.3, 0.4) is 0 Å². The summed E-state index contributed by atoms with van der Waals surface area (Å²) in [7, 11) is 0.371. The number of hydrogen-bond donors (Lipinski definition) is 1. The van der Waals surface area contributed by atoms with E-state index < -0.39 is 18.7 Å². The van der Waals surface area contributed by atoms with Crippen molar-refractivity contribution in [3.63, 3.8) is 0 Å². The van der Waals surface area contributed by atoms with Crippen LogP contribution in [0.1, 0.15) is 25.8 Å². The minimum absolute atomic E-state index is 0.423. The lowest BCUT2D eigenvalue weighted by Crippen LogP contribution is -2.22. The first kappa shape index (κ1) is 15.5. The monoisotopic (exact) mass is 286 g/mol. The zero-order chi connectivity index (χ0) is 15.5. The molecule has 0 saturated carbocycles.